The van der Waals surface area contributed by atoms with Gasteiger partial charge < -0.3 is 20.3 Å². The van der Waals surface area contributed by atoms with Crippen molar-refractivity contribution in [3.05, 3.63) is 33.4 Å². The number of phenolic OH excluding ortho intramolecular Hbond substituents is 2. The van der Waals surface area contributed by atoms with Gasteiger partial charge in [0.1, 0.15) is 18.2 Å². The van der Waals surface area contributed by atoms with Crippen molar-refractivity contribution >= 4 is 23.6 Å². The monoisotopic (exact) mass is 321 g/mol. The molecule has 0 unspecified atom stereocenters. The number of hydrogen-bond acceptors (Lipinski definition) is 8. The summed E-state index contributed by atoms with van der Waals surface area (Å²) in [5.74, 6) is -3.35. The van der Waals surface area contributed by atoms with Crippen molar-refractivity contribution in [1.29, 1.82) is 5.26 Å². The standard InChI is InChI=1S/C13H11N3O7/c1-23-11(18)6-15-13(20)8(5-14)2-7-3-9(16(21)22)12(19)10(17)4-7/h2-4,17,19H,6H2,1H3,(H,15,20)/b8-2+. The highest BCUT2D eigenvalue weighted by atomic mass is 16.6. The molecule has 120 valence electrons. The summed E-state index contributed by atoms with van der Waals surface area (Å²) in [7, 11) is 1.12. The Morgan fingerprint density at radius 1 is 1.48 bits per heavy atom. The first-order valence-electron chi connectivity index (χ1n) is 5.97. The Labute approximate surface area is 129 Å². The van der Waals surface area contributed by atoms with Crippen LogP contribution >= 0.6 is 0 Å². The molecule has 10 nitrogen and oxygen atoms in total. The van der Waals surface area contributed by atoms with Gasteiger partial charge in [-0.1, -0.05) is 0 Å². The number of rotatable bonds is 5. The molecule has 3 N–H and O–H groups in total. The number of nitro groups is 1. The summed E-state index contributed by atoms with van der Waals surface area (Å²) >= 11 is 0. The third-order valence-corrected chi connectivity index (χ3v) is 2.59. The zero-order valence-electron chi connectivity index (χ0n) is 11.8. The average molecular weight is 321 g/mol. The Bertz CT molecular complexity index is 734. The maximum absolute atomic E-state index is 11.7. The van der Waals surface area contributed by atoms with Gasteiger partial charge in [0.2, 0.25) is 5.75 Å². The molecule has 23 heavy (non-hydrogen) atoms. The highest BCUT2D eigenvalue weighted by Gasteiger charge is 2.19. The Morgan fingerprint density at radius 2 is 2.13 bits per heavy atom. The van der Waals surface area contributed by atoms with Crippen LogP contribution in [0.1, 0.15) is 5.56 Å². The molecule has 0 spiro atoms. The van der Waals surface area contributed by atoms with Crippen LogP contribution in [0.4, 0.5) is 5.69 Å². The van der Waals surface area contributed by atoms with Crippen molar-refractivity contribution in [3.8, 4) is 17.6 Å². The number of phenols is 2. The number of amides is 1. The van der Waals surface area contributed by atoms with Crippen molar-refractivity contribution in [2.75, 3.05) is 13.7 Å². The zero-order valence-corrected chi connectivity index (χ0v) is 11.8. The number of hydrogen-bond donors (Lipinski definition) is 3. The Morgan fingerprint density at radius 3 is 2.65 bits per heavy atom. The molecule has 0 saturated heterocycles. The third-order valence-electron chi connectivity index (χ3n) is 2.59. The summed E-state index contributed by atoms with van der Waals surface area (Å²) in [5, 5.41) is 40.6. The van der Waals surface area contributed by atoms with Gasteiger partial charge in [-0.05, 0) is 17.7 Å². The summed E-state index contributed by atoms with van der Waals surface area (Å²) in [5.41, 5.74) is -1.31. The number of nitrogens with one attached hydrogen (secondary N) is 1. The van der Waals surface area contributed by atoms with Crippen molar-refractivity contribution in [2.45, 2.75) is 0 Å². The van der Waals surface area contributed by atoms with E-state index in [4.69, 9.17) is 5.26 Å². The second-order valence-corrected chi connectivity index (χ2v) is 4.09. The summed E-state index contributed by atoms with van der Waals surface area (Å²) in [6.07, 6.45) is 0.957. The molecule has 10 heteroatoms. The fourth-order valence-corrected chi connectivity index (χ4v) is 1.48. The van der Waals surface area contributed by atoms with Crippen LogP contribution in [0.2, 0.25) is 0 Å². The summed E-state index contributed by atoms with van der Waals surface area (Å²) in [6, 6.07) is 3.37. The van der Waals surface area contributed by atoms with Crippen molar-refractivity contribution in [3.63, 3.8) is 0 Å². The number of carbonyl (C=O) groups is 2. The van der Waals surface area contributed by atoms with E-state index in [1.807, 2.05) is 0 Å². The number of aromatic hydroxyl groups is 2. The van der Waals surface area contributed by atoms with Crippen molar-refractivity contribution in [2.24, 2.45) is 0 Å². The van der Waals surface area contributed by atoms with E-state index in [1.165, 1.54) is 0 Å². The molecule has 1 aromatic rings. The molecular weight excluding hydrogens is 310 g/mol. The van der Waals surface area contributed by atoms with E-state index in [9.17, 15) is 29.9 Å². The molecule has 0 aliphatic heterocycles. The first-order chi connectivity index (χ1) is 10.8. The Balaban J connectivity index is 3.12. The van der Waals surface area contributed by atoms with Crippen molar-refractivity contribution < 1.29 is 29.5 Å². The van der Waals surface area contributed by atoms with E-state index in [1.54, 1.807) is 6.07 Å². The van der Waals surface area contributed by atoms with E-state index < -0.39 is 46.1 Å². The smallest absolute Gasteiger partial charge is 0.325 e. The van der Waals surface area contributed by atoms with Gasteiger partial charge >= 0.3 is 11.7 Å². The zero-order chi connectivity index (χ0) is 17.6. The molecule has 0 aliphatic rings. The first kappa shape index (κ1) is 17.4. The second kappa shape index (κ2) is 7.41. The minimum absolute atomic E-state index is 0.0585. The van der Waals surface area contributed by atoms with Gasteiger partial charge in [0.05, 0.1) is 12.0 Å². The molecule has 0 aliphatic carbocycles. The summed E-state index contributed by atoms with van der Waals surface area (Å²) in [4.78, 5) is 32.4. The fourth-order valence-electron chi connectivity index (χ4n) is 1.48. The summed E-state index contributed by atoms with van der Waals surface area (Å²) < 4.78 is 4.31. The van der Waals surface area contributed by atoms with Crippen LogP contribution in [0.3, 0.4) is 0 Å². The third kappa shape index (κ3) is 4.43. The highest BCUT2D eigenvalue weighted by Crippen LogP contribution is 2.36. The number of nitriles is 1. The molecule has 0 bridgehead atoms. The van der Waals surface area contributed by atoms with E-state index in [2.05, 4.69) is 10.1 Å². The first-order valence-corrected chi connectivity index (χ1v) is 5.97. The maximum atomic E-state index is 11.7. The molecule has 1 aromatic carbocycles. The predicted octanol–water partition coefficient (Wildman–Crippen LogP) is 0.202. The molecule has 1 amide bonds. The quantitative estimate of drug-likeness (QED) is 0.173. The highest BCUT2D eigenvalue weighted by molar-refractivity contribution is 6.02. The number of ether oxygens (including phenoxy) is 1. The van der Waals surface area contributed by atoms with Crippen LogP contribution < -0.4 is 5.32 Å². The van der Waals surface area contributed by atoms with Gasteiger partial charge in [-0.15, -0.1) is 0 Å². The Kier molecular flexibility index (Phi) is 5.62. The lowest BCUT2D eigenvalue weighted by molar-refractivity contribution is -0.386. The minimum Gasteiger partial charge on any atom is -0.504 e. The molecule has 1 rings (SSSR count). The molecule has 0 aromatic heterocycles. The van der Waals surface area contributed by atoms with Crippen LogP contribution in [0.5, 0.6) is 11.5 Å². The minimum atomic E-state index is -0.935. The number of methoxy groups -OCH3 is 1. The van der Waals surface area contributed by atoms with Crippen LogP contribution in [0, 0.1) is 21.4 Å². The SMILES string of the molecule is COC(=O)CNC(=O)/C(C#N)=C/c1cc(O)c(O)c([N+](=O)[O-])c1. The Hall–Kier alpha value is -3.61. The average Bonchev–Trinajstić information content (AvgIpc) is 2.52. The van der Waals surface area contributed by atoms with Gasteiger partial charge in [0.15, 0.2) is 5.75 Å². The predicted molar refractivity (Wildman–Crippen MR) is 75.0 cm³/mol. The lowest BCUT2D eigenvalue weighted by Crippen LogP contribution is -2.30. The molecular formula is C13H11N3O7. The van der Waals surface area contributed by atoms with Crippen LogP contribution in [-0.2, 0) is 14.3 Å². The molecule has 0 saturated carbocycles. The number of esters is 1. The molecule has 0 atom stereocenters. The van der Waals surface area contributed by atoms with E-state index in [-0.39, 0.29) is 5.56 Å². The van der Waals surface area contributed by atoms with Crippen molar-refractivity contribution in [1.82, 2.24) is 5.32 Å². The van der Waals surface area contributed by atoms with E-state index in [0.717, 1.165) is 25.3 Å². The lowest BCUT2D eigenvalue weighted by atomic mass is 10.1. The van der Waals surface area contributed by atoms with Crippen LogP contribution in [-0.4, -0.2) is 40.7 Å². The van der Waals surface area contributed by atoms with E-state index in [0.29, 0.717) is 0 Å². The van der Waals surface area contributed by atoms with Crippen LogP contribution in [0.25, 0.3) is 6.08 Å². The lowest BCUT2D eigenvalue weighted by Gasteiger charge is -2.04. The number of nitro benzene ring substituents is 1. The number of benzene rings is 1. The maximum Gasteiger partial charge on any atom is 0.325 e. The number of nitrogens with zero attached hydrogens (tertiary/aromatic N) is 2. The second-order valence-electron chi connectivity index (χ2n) is 4.09. The number of carbonyl (C=O) groups excluding carboxylic acids is 2. The molecule has 0 fully saturated rings. The largest absolute Gasteiger partial charge is 0.504 e. The van der Waals surface area contributed by atoms with Crippen LogP contribution in [0.15, 0.2) is 17.7 Å². The van der Waals surface area contributed by atoms with Gasteiger partial charge in [-0.25, -0.2) is 0 Å². The van der Waals surface area contributed by atoms with E-state index >= 15 is 0 Å². The van der Waals surface area contributed by atoms with Gasteiger partial charge in [-0.3, -0.25) is 19.7 Å². The molecule has 0 radical (unpaired) electrons. The van der Waals surface area contributed by atoms with Gasteiger partial charge in [-0.2, -0.15) is 5.26 Å². The fraction of sp³-hybridized carbons (Fsp3) is 0.154. The normalized spacial score (nSPS) is 10.5. The van der Waals surface area contributed by atoms with Gasteiger partial charge in [0, 0.05) is 6.07 Å². The summed E-state index contributed by atoms with van der Waals surface area (Å²) in [6.45, 7) is -0.463. The topological polar surface area (TPSA) is 163 Å². The molecule has 0 heterocycles. The van der Waals surface area contributed by atoms with Gasteiger partial charge in [0.25, 0.3) is 5.91 Å².